The maximum Gasteiger partial charge on any atom is 0.229 e. The fraction of sp³-hybridized carbons (Fsp3) is 0.308. The third-order valence-corrected chi connectivity index (χ3v) is 3.37. The van der Waals surface area contributed by atoms with Gasteiger partial charge in [0.2, 0.25) is 5.88 Å². The molecule has 2 N–H and O–H groups in total. The molecule has 1 aromatic heterocycles. The average molecular weight is 216 g/mol. The van der Waals surface area contributed by atoms with Crippen molar-refractivity contribution in [3.63, 3.8) is 0 Å². The topological polar surface area (TPSA) is 52.0 Å². The Kier molecular flexibility index (Phi) is 2.46. The molecule has 0 saturated heterocycles. The van der Waals surface area contributed by atoms with Crippen LogP contribution in [0.4, 0.5) is 5.88 Å². The fourth-order valence-corrected chi connectivity index (χ4v) is 1.94. The standard InChI is InChI=1S/C13H16N2O/c1-7-5-11(10(4)9(3)8(7)2)12-6-15-16-13(12)14/h5-6H,14H2,1-4H3. The normalized spacial score (nSPS) is 10.8. The van der Waals surface area contributed by atoms with Crippen molar-refractivity contribution in [2.75, 3.05) is 5.73 Å². The first-order chi connectivity index (χ1) is 7.52. The van der Waals surface area contributed by atoms with Gasteiger partial charge in [0.15, 0.2) is 0 Å². The number of benzene rings is 1. The van der Waals surface area contributed by atoms with E-state index in [1.807, 2.05) is 0 Å². The second-order valence-electron chi connectivity index (χ2n) is 4.22. The molecule has 0 bridgehead atoms. The molecule has 0 radical (unpaired) electrons. The average Bonchev–Trinajstić information content (AvgIpc) is 2.67. The Morgan fingerprint density at radius 3 is 2.25 bits per heavy atom. The lowest BCUT2D eigenvalue weighted by Gasteiger charge is -2.13. The molecule has 0 fully saturated rings. The number of anilines is 1. The number of nitrogen functional groups attached to an aromatic ring is 1. The smallest absolute Gasteiger partial charge is 0.229 e. The van der Waals surface area contributed by atoms with Crippen LogP contribution in [-0.4, -0.2) is 5.16 Å². The Morgan fingerprint density at radius 2 is 1.69 bits per heavy atom. The summed E-state index contributed by atoms with van der Waals surface area (Å²) in [6.45, 7) is 8.47. The van der Waals surface area contributed by atoms with Gasteiger partial charge in [0.25, 0.3) is 0 Å². The Morgan fingerprint density at radius 1 is 1.00 bits per heavy atom. The van der Waals surface area contributed by atoms with Gasteiger partial charge in [-0.2, -0.15) is 0 Å². The van der Waals surface area contributed by atoms with E-state index in [4.69, 9.17) is 10.3 Å². The highest BCUT2D eigenvalue weighted by molar-refractivity contribution is 5.76. The highest BCUT2D eigenvalue weighted by Gasteiger charge is 2.13. The lowest BCUT2D eigenvalue weighted by molar-refractivity contribution is 0.436. The molecular weight excluding hydrogens is 200 g/mol. The van der Waals surface area contributed by atoms with Gasteiger partial charge in [0.05, 0.1) is 11.8 Å². The molecule has 1 heterocycles. The number of nitrogens with zero attached hydrogens (tertiary/aromatic N) is 1. The van der Waals surface area contributed by atoms with Crippen molar-refractivity contribution in [3.8, 4) is 11.1 Å². The molecule has 0 aliphatic heterocycles. The van der Waals surface area contributed by atoms with Crippen LogP contribution in [0.3, 0.4) is 0 Å². The Labute approximate surface area is 95.3 Å². The SMILES string of the molecule is Cc1cc(-c2cnoc2N)c(C)c(C)c1C. The number of hydrogen-bond acceptors (Lipinski definition) is 3. The van der Waals surface area contributed by atoms with Crippen molar-refractivity contribution >= 4 is 5.88 Å². The Balaban J connectivity index is 2.72. The predicted molar refractivity (Wildman–Crippen MR) is 65.3 cm³/mol. The first kappa shape index (κ1) is 10.7. The number of rotatable bonds is 1. The predicted octanol–water partition coefficient (Wildman–Crippen LogP) is 3.16. The molecule has 1 aromatic carbocycles. The zero-order chi connectivity index (χ0) is 11.9. The molecule has 0 unspecified atom stereocenters. The van der Waals surface area contributed by atoms with E-state index in [2.05, 4.69) is 38.9 Å². The largest absolute Gasteiger partial charge is 0.367 e. The molecular formula is C13H16N2O. The zero-order valence-corrected chi connectivity index (χ0v) is 10.1. The van der Waals surface area contributed by atoms with Gasteiger partial charge < -0.3 is 10.3 Å². The van der Waals surface area contributed by atoms with E-state index < -0.39 is 0 Å². The van der Waals surface area contributed by atoms with E-state index in [0.29, 0.717) is 5.88 Å². The third kappa shape index (κ3) is 1.48. The van der Waals surface area contributed by atoms with Crippen molar-refractivity contribution in [2.24, 2.45) is 0 Å². The lowest BCUT2D eigenvalue weighted by Crippen LogP contribution is -1.95. The molecule has 0 aliphatic carbocycles. The van der Waals surface area contributed by atoms with Gasteiger partial charge in [-0.05, 0) is 55.5 Å². The van der Waals surface area contributed by atoms with E-state index in [1.165, 1.54) is 22.3 Å². The highest BCUT2D eigenvalue weighted by atomic mass is 16.5. The molecule has 3 heteroatoms. The molecule has 0 atom stereocenters. The summed E-state index contributed by atoms with van der Waals surface area (Å²) in [7, 11) is 0. The molecule has 0 amide bonds. The van der Waals surface area contributed by atoms with E-state index in [0.717, 1.165) is 11.1 Å². The van der Waals surface area contributed by atoms with Crippen LogP contribution in [0.1, 0.15) is 22.3 Å². The number of hydrogen-bond donors (Lipinski definition) is 1. The maximum atomic E-state index is 5.75. The van der Waals surface area contributed by atoms with Gasteiger partial charge in [-0.15, -0.1) is 0 Å². The first-order valence-corrected chi connectivity index (χ1v) is 5.30. The van der Waals surface area contributed by atoms with Crippen molar-refractivity contribution in [2.45, 2.75) is 27.7 Å². The Bertz CT molecular complexity index is 541. The minimum absolute atomic E-state index is 0.380. The summed E-state index contributed by atoms with van der Waals surface area (Å²) in [5, 5.41) is 3.72. The van der Waals surface area contributed by atoms with Crippen LogP contribution < -0.4 is 5.73 Å². The molecule has 84 valence electrons. The molecule has 2 aromatic rings. The van der Waals surface area contributed by atoms with Crippen LogP contribution >= 0.6 is 0 Å². The van der Waals surface area contributed by atoms with Crippen LogP contribution in [0.25, 0.3) is 11.1 Å². The van der Waals surface area contributed by atoms with Gasteiger partial charge in [0.1, 0.15) is 0 Å². The second kappa shape index (κ2) is 3.67. The van der Waals surface area contributed by atoms with E-state index in [9.17, 15) is 0 Å². The third-order valence-electron chi connectivity index (χ3n) is 3.37. The molecule has 3 nitrogen and oxygen atoms in total. The minimum Gasteiger partial charge on any atom is -0.367 e. The summed E-state index contributed by atoms with van der Waals surface area (Å²) >= 11 is 0. The highest BCUT2D eigenvalue weighted by Crippen LogP contribution is 2.32. The fourth-order valence-electron chi connectivity index (χ4n) is 1.94. The summed E-state index contributed by atoms with van der Waals surface area (Å²) in [6, 6.07) is 2.14. The molecule has 16 heavy (non-hydrogen) atoms. The van der Waals surface area contributed by atoms with Gasteiger partial charge >= 0.3 is 0 Å². The van der Waals surface area contributed by atoms with Crippen molar-refractivity contribution in [1.82, 2.24) is 5.16 Å². The molecule has 0 aliphatic rings. The minimum atomic E-state index is 0.380. The van der Waals surface area contributed by atoms with Gasteiger partial charge in [-0.1, -0.05) is 11.2 Å². The van der Waals surface area contributed by atoms with Gasteiger partial charge in [0, 0.05) is 0 Å². The van der Waals surface area contributed by atoms with E-state index in [1.54, 1.807) is 6.20 Å². The quantitative estimate of drug-likeness (QED) is 0.796. The van der Waals surface area contributed by atoms with Crippen molar-refractivity contribution < 1.29 is 4.52 Å². The maximum absolute atomic E-state index is 5.75. The van der Waals surface area contributed by atoms with Crippen LogP contribution in [-0.2, 0) is 0 Å². The monoisotopic (exact) mass is 216 g/mol. The zero-order valence-electron chi connectivity index (χ0n) is 10.1. The van der Waals surface area contributed by atoms with E-state index in [-0.39, 0.29) is 0 Å². The summed E-state index contributed by atoms with van der Waals surface area (Å²) < 4.78 is 4.91. The van der Waals surface area contributed by atoms with Gasteiger partial charge in [-0.25, -0.2) is 0 Å². The van der Waals surface area contributed by atoms with Crippen LogP contribution in [0.15, 0.2) is 16.8 Å². The van der Waals surface area contributed by atoms with Crippen molar-refractivity contribution in [1.29, 1.82) is 0 Å². The molecule has 0 spiro atoms. The van der Waals surface area contributed by atoms with Crippen LogP contribution in [0, 0.1) is 27.7 Å². The number of nitrogens with two attached hydrogens (primary N) is 1. The molecule has 2 rings (SSSR count). The second-order valence-corrected chi connectivity index (χ2v) is 4.22. The molecule has 0 saturated carbocycles. The number of aryl methyl sites for hydroxylation is 1. The summed E-state index contributed by atoms with van der Waals surface area (Å²) in [4.78, 5) is 0. The van der Waals surface area contributed by atoms with Crippen LogP contribution in [0.2, 0.25) is 0 Å². The summed E-state index contributed by atoms with van der Waals surface area (Å²) in [6.07, 6.45) is 1.67. The lowest BCUT2D eigenvalue weighted by atomic mass is 9.92. The van der Waals surface area contributed by atoms with E-state index >= 15 is 0 Å². The Hall–Kier alpha value is -1.77. The summed E-state index contributed by atoms with van der Waals surface area (Å²) in [5.74, 6) is 0.380. The van der Waals surface area contributed by atoms with Gasteiger partial charge in [-0.3, -0.25) is 0 Å². The first-order valence-electron chi connectivity index (χ1n) is 5.30. The van der Waals surface area contributed by atoms with Crippen molar-refractivity contribution in [3.05, 3.63) is 34.5 Å². The number of aromatic nitrogens is 1. The van der Waals surface area contributed by atoms with Crippen LogP contribution in [0.5, 0.6) is 0 Å². The summed E-state index contributed by atoms with van der Waals surface area (Å²) in [5.41, 5.74) is 12.9.